The molecule has 2 rings (SSSR count). The first kappa shape index (κ1) is 17.1. The number of amides is 1. The molecule has 0 saturated carbocycles. The fourth-order valence-electron chi connectivity index (χ4n) is 2.20. The van der Waals surface area contributed by atoms with Gasteiger partial charge in [-0.15, -0.1) is 0 Å². The SMILES string of the molecule is COc1ccc(CN(C)C(=O)c2c(F)cccc2Cl)c(OC)c1. The highest BCUT2D eigenvalue weighted by atomic mass is 35.5. The van der Waals surface area contributed by atoms with E-state index in [2.05, 4.69) is 0 Å². The van der Waals surface area contributed by atoms with Crippen LogP contribution in [0.15, 0.2) is 36.4 Å². The molecule has 2 aromatic rings. The number of benzene rings is 2. The van der Waals surface area contributed by atoms with Gasteiger partial charge in [-0.25, -0.2) is 4.39 Å². The maximum atomic E-state index is 13.9. The highest BCUT2D eigenvalue weighted by Crippen LogP contribution is 2.27. The molecule has 0 aromatic heterocycles. The van der Waals surface area contributed by atoms with Gasteiger partial charge in [0.2, 0.25) is 0 Å². The van der Waals surface area contributed by atoms with Crippen molar-refractivity contribution in [2.75, 3.05) is 21.3 Å². The number of rotatable bonds is 5. The molecule has 23 heavy (non-hydrogen) atoms. The molecule has 0 bridgehead atoms. The number of hydrogen-bond donors (Lipinski definition) is 0. The van der Waals surface area contributed by atoms with E-state index in [1.807, 2.05) is 0 Å². The molecule has 0 atom stereocenters. The van der Waals surface area contributed by atoms with E-state index in [0.717, 1.165) is 5.56 Å². The van der Waals surface area contributed by atoms with Crippen LogP contribution in [0.1, 0.15) is 15.9 Å². The van der Waals surface area contributed by atoms with E-state index >= 15 is 0 Å². The summed E-state index contributed by atoms with van der Waals surface area (Å²) >= 11 is 5.94. The number of hydrogen-bond acceptors (Lipinski definition) is 3. The Labute approximate surface area is 139 Å². The van der Waals surface area contributed by atoms with Crippen molar-refractivity contribution >= 4 is 17.5 Å². The molecular formula is C17H17ClFNO3. The highest BCUT2D eigenvalue weighted by Gasteiger charge is 2.20. The summed E-state index contributed by atoms with van der Waals surface area (Å²) in [5, 5.41) is 0.0866. The second-order valence-electron chi connectivity index (χ2n) is 4.94. The summed E-state index contributed by atoms with van der Waals surface area (Å²) in [4.78, 5) is 13.8. The topological polar surface area (TPSA) is 38.8 Å². The van der Waals surface area contributed by atoms with Gasteiger partial charge in [-0.3, -0.25) is 4.79 Å². The minimum absolute atomic E-state index is 0.0866. The monoisotopic (exact) mass is 337 g/mol. The molecule has 0 aliphatic rings. The lowest BCUT2D eigenvalue weighted by atomic mass is 10.1. The lowest BCUT2D eigenvalue weighted by Gasteiger charge is -2.20. The van der Waals surface area contributed by atoms with E-state index < -0.39 is 11.7 Å². The second kappa shape index (κ2) is 7.33. The summed E-state index contributed by atoms with van der Waals surface area (Å²) in [5.74, 6) is 0.0994. The van der Waals surface area contributed by atoms with Crippen molar-refractivity contribution in [3.8, 4) is 11.5 Å². The minimum atomic E-state index is -0.643. The summed E-state index contributed by atoms with van der Waals surface area (Å²) < 4.78 is 24.3. The average Bonchev–Trinajstić information content (AvgIpc) is 2.54. The number of halogens is 2. The molecule has 4 nitrogen and oxygen atoms in total. The molecule has 0 spiro atoms. The van der Waals surface area contributed by atoms with Crippen molar-refractivity contribution in [3.63, 3.8) is 0 Å². The van der Waals surface area contributed by atoms with E-state index in [1.165, 1.54) is 30.2 Å². The van der Waals surface area contributed by atoms with Gasteiger partial charge >= 0.3 is 0 Å². The van der Waals surface area contributed by atoms with Crippen LogP contribution in [0.5, 0.6) is 11.5 Å². The molecule has 2 aromatic carbocycles. The van der Waals surface area contributed by atoms with Crippen molar-refractivity contribution in [1.82, 2.24) is 4.90 Å². The number of carbonyl (C=O) groups excluding carboxylic acids is 1. The van der Waals surface area contributed by atoms with Crippen molar-refractivity contribution in [2.24, 2.45) is 0 Å². The average molecular weight is 338 g/mol. The van der Waals surface area contributed by atoms with Crippen LogP contribution in [0.25, 0.3) is 0 Å². The Morgan fingerprint density at radius 1 is 1.22 bits per heavy atom. The third-order valence-electron chi connectivity index (χ3n) is 3.43. The van der Waals surface area contributed by atoms with Crippen molar-refractivity contribution in [1.29, 1.82) is 0 Å². The highest BCUT2D eigenvalue weighted by molar-refractivity contribution is 6.33. The van der Waals surface area contributed by atoms with Gasteiger partial charge in [0.05, 0.1) is 24.8 Å². The van der Waals surface area contributed by atoms with Gasteiger partial charge < -0.3 is 14.4 Å². The molecule has 0 unspecified atom stereocenters. The Balaban J connectivity index is 2.25. The molecule has 122 valence electrons. The predicted molar refractivity (Wildman–Crippen MR) is 86.8 cm³/mol. The van der Waals surface area contributed by atoms with E-state index in [9.17, 15) is 9.18 Å². The molecule has 0 radical (unpaired) electrons. The van der Waals surface area contributed by atoms with Crippen molar-refractivity contribution in [3.05, 3.63) is 58.4 Å². The summed E-state index contributed by atoms with van der Waals surface area (Å²) in [6.07, 6.45) is 0. The summed E-state index contributed by atoms with van der Waals surface area (Å²) in [6.45, 7) is 0.247. The Morgan fingerprint density at radius 3 is 2.57 bits per heavy atom. The third-order valence-corrected chi connectivity index (χ3v) is 3.74. The molecule has 0 saturated heterocycles. The fraction of sp³-hybridized carbons (Fsp3) is 0.235. The number of nitrogens with zero attached hydrogens (tertiary/aromatic N) is 1. The van der Waals surface area contributed by atoms with E-state index in [1.54, 1.807) is 32.4 Å². The zero-order chi connectivity index (χ0) is 17.0. The zero-order valence-corrected chi connectivity index (χ0v) is 13.9. The van der Waals surface area contributed by atoms with Gasteiger partial charge in [0, 0.05) is 25.2 Å². The molecule has 0 heterocycles. The largest absolute Gasteiger partial charge is 0.497 e. The van der Waals surface area contributed by atoms with Crippen LogP contribution in [0.3, 0.4) is 0 Å². The van der Waals surface area contributed by atoms with Gasteiger partial charge in [-0.1, -0.05) is 17.7 Å². The zero-order valence-electron chi connectivity index (χ0n) is 13.1. The van der Waals surface area contributed by atoms with Crippen LogP contribution in [0.2, 0.25) is 5.02 Å². The predicted octanol–water partition coefficient (Wildman–Crippen LogP) is 3.77. The first-order valence-corrected chi connectivity index (χ1v) is 7.26. The first-order chi connectivity index (χ1) is 11.0. The van der Waals surface area contributed by atoms with Crippen LogP contribution < -0.4 is 9.47 Å². The van der Waals surface area contributed by atoms with Gasteiger partial charge in [0.25, 0.3) is 5.91 Å². The maximum absolute atomic E-state index is 13.9. The van der Waals surface area contributed by atoms with Crippen molar-refractivity contribution < 1.29 is 18.7 Å². The molecule has 0 aliphatic heterocycles. The smallest absolute Gasteiger partial charge is 0.258 e. The molecule has 0 aliphatic carbocycles. The second-order valence-corrected chi connectivity index (χ2v) is 5.34. The number of methoxy groups -OCH3 is 2. The van der Waals surface area contributed by atoms with Crippen LogP contribution in [-0.2, 0) is 6.54 Å². The number of ether oxygens (including phenoxy) is 2. The van der Waals surface area contributed by atoms with Crippen LogP contribution in [0.4, 0.5) is 4.39 Å². The Hall–Kier alpha value is -2.27. The minimum Gasteiger partial charge on any atom is -0.497 e. The van der Waals surface area contributed by atoms with Crippen molar-refractivity contribution in [2.45, 2.75) is 6.54 Å². The van der Waals surface area contributed by atoms with Crippen LogP contribution in [-0.4, -0.2) is 32.1 Å². The summed E-state index contributed by atoms with van der Waals surface area (Å²) in [6, 6.07) is 9.45. The quantitative estimate of drug-likeness (QED) is 0.833. The molecule has 1 amide bonds. The lowest BCUT2D eigenvalue weighted by molar-refractivity contribution is 0.0779. The molecular weight excluding hydrogens is 321 g/mol. The van der Waals surface area contributed by atoms with Gasteiger partial charge in [-0.2, -0.15) is 0 Å². The molecule has 0 fully saturated rings. The third kappa shape index (κ3) is 3.74. The van der Waals surface area contributed by atoms with Crippen LogP contribution in [0, 0.1) is 5.82 Å². The van der Waals surface area contributed by atoms with E-state index in [4.69, 9.17) is 21.1 Å². The standard InChI is InChI=1S/C17H17ClFNO3/c1-20(17(21)16-13(18)5-4-6-14(16)19)10-11-7-8-12(22-2)9-15(11)23-3/h4-9H,10H2,1-3H3. The van der Waals surface area contributed by atoms with Gasteiger partial charge in [0.15, 0.2) is 0 Å². The lowest BCUT2D eigenvalue weighted by Crippen LogP contribution is -2.27. The fourth-order valence-corrected chi connectivity index (χ4v) is 2.45. The maximum Gasteiger partial charge on any atom is 0.258 e. The van der Waals surface area contributed by atoms with E-state index in [-0.39, 0.29) is 17.1 Å². The normalized spacial score (nSPS) is 10.3. The first-order valence-electron chi connectivity index (χ1n) is 6.88. The van der Waals surface area contributed by atoms with E-state index in [0.29, 0.717) is 11.5 Å². The van der Waals surface area contributed by atoms with Gasteiger partial charge in [-0.05, 0) is 24.3 Å². The van der Waals surface area contributed by atoms with Gasteiger partial charge in [0.1, 0.15) is 17.3 Å². The summed E-state index contributed by atoms with van der Waals surface area (Å²) in [7, 11) is 4.67. The number of carbonyl (C=O) groups is 1. The Bertz CT molecular complexity index is 701. The molecule has 6 heteroatoms. The molecule has 0 N–H and O–H groups in total. The Kier molecular flexibility index (Phi) is 5.45. The Morgan fingerprint density at radius 2 is 1.96 bits per heavy atom. The van der Waals surface area contributed by atoms with Crippen LogP contribution >= 0.6 is 11.6 Å². The summed E-state index contributed by atoms with van der Waals surface area (Å²) in [5.41, 5.74) is 0.640.